The van der Waals surface area contributed by atoms with E-state index in [0.29, 0.717) is 12.2 Å². The smallest absolute Gasteiger partial charge is 0.275 e. The number of aromatic nitrogens is 2. The van der Waals surface area contributed by atoms with Crippen LogP contribution >= 0.6 is 11.7 Å². The second-order valence-electron chi connectivity index (χ2n) is 4.28. The molecule has 2 N–H and O–H groups in total. The van der Waals surface area contributed by atoms with Gasteiger partial charge in [0.1, 0.15) is 0 Å². The molecule has 0 spiro atoms. The van der Waals surface area contributed by atoms with Crippen LogP contribution < -0.4 is 5.73 Å². The van der Waals surface area contributed by atoms with Crippen LogP contribution in [0.3, 0.4) is 0 Å². The van der Waals surface area contributed by atoms with Crippen molar-refractivity contribution < 1.29 is 4.79 Å². The molecule has 1 saturated heterocycles. The van der Waals surface area contributed by atoms with Gasteiger partial charge in [0, 0.05) is 13.1 Å². The van der Waals surface area contributed by atoms with E-state index in [4.69, 9.17) is 5.73 Å². The summed E-state index contributed by atoms with van der Waals surface area (Å²) in [6.07, 6.45) is 2.48. The molecule has 1 aromatic heterocycles. The summed E-state index contributed by atoms with van der Waals surface area (Å²) >= 11 is 1.06. The van der Waals surface area contributed by atoms with Gasteiger partial charge in [-0.3, -0.25) is 4.79 Å². The van der Waals surface area contributed by atoms with E-state index in [0.717, 1.165) is 31.2 Å². The van der Waals surface area contributed by atoms with Crippen molar-refractivity contribution in [2.45, 2.75) is 13.3 Å². The van der Waals surface area contributed by atoms with Crippen LogP contribution in [0, 0.1) is 5.41 Å². The van der Waals surface area contributed by atoms with Gasteiger partial charge in [-0.1, -0.05) is 6.92 Å². The standard InChI is InChI=1S/C9H14N4OS/c1-9(5-10)2-3-13(6-9)8(14)7-4-11-15-12-7/h4H,2-3,5-6,10H2,1H3. The van der Waals surface area contributed by atoms with Gasteiger partial charge in [0.05, 0.1) is 17.9 Å². The maximum Gasteiger partial charge on any atom is 0.275 e. The number of nitrogens with zero attached hydrogens (tertiary/aromatic N) is 3. The Balaban J connectivity index is 2.06. The third-order valence-corrected chi connectivity index (χ3v) is 3.40. The lowest BCUT2D eigenvalue weighted by molar-refractivity contribution is 0.0772. The van der Waals surface area contributed by atoms with Crippen LogP contribution in [0.25, 0.3) is 0 Å². The highest BCUT2D eigenvalue weighted by Gasteiger charge is 2.35. The summed E-state index contributed by atoms with van der Waals surface area (Å²) in [6, 6.07) is 0. The van der Waals surface area contributed by atoms with E-state index in [1.807, 2.05) is 4.90 Å². The first-order chi connectivity index (χ1) is 7.14. The molecule has 0 aliphatic carbocycles. The molecule has 1 atom stereocenters. The fourth-order valence-electron chi connectivity index (χ4n) is 1.78. The first-order valence-corrected chi connectivity index (χ1v) is 5.65. The first-order valence-electron chi connectivity index (χ1n) is 4.91. The minimum Gasteiger partial charge on any atom is -0.337 e. The minimum atomic E-state index is -0.0269. The predicted octanol–water partition coefficient (Wildman–Crippen LogP) is 0.349. The molecule has 1 aliphatic rings. The molecule has 15 heavy (non-hydrogen) atoms. The number of carbonyl (C=O) groups is 1. The van der Waals surface area contributed by atoms with Crippen molar-refractivity contribution in [3.05, 3.63) is 11.9 Å². The van der Waals surface area contributed by atoms with E-state index in [9.17, 15) is 4.79 Å². The number of likely N-dealkylation sites (tertiary alicyclic amines) is 1. The number of amides is 1. The summed E-state index contributed by atoms with van der Waals surface area (Å²) in [5.74, 6) is -0.0269. The molecule has 6 heteroatoms. The highest BCUT2D eigenvalue weighted by atomic mass is 32.1. The monoisotopic (exact) mass is 226 g/mol. The Hall–Kier alpha value is -1.01. The average Bonchev–Trinajstić information content (AvgIpc) is 2.86. The zero-order chi connectivity index (χ0) is 10.9. The number of hydrogen-bond acceptors (Lipinski definition) is 5. The molecule has 1 amide bonds. The summed E-state index contributed by atoms with van der Waals surface area (Å²) in [5, 5.41) is 0. The lowest BCUT2D eigenvalue weighted by Crippen LogP contribution is -2.34. The van der Waals surface area contributed by atoms with Gasteiger partial charge in [0.2, 0.25) is 0 Å². The molecule has 5 nitrogen and oxygen atoms in total. The second kappa shape index (κ2) is 3.86. The molecule has 1 aromatic rings. The van der Waals surface area contributed by atoms with Crippen molar-refractivity contribution in [1.82, 2.24) is 13.6 Å². The van der Waals surface area contributed by atoms with E-state index in [1.165, 1.54) is 6.20 Å². The van der Waals surface area contributed by atoms with E-state index < -0.39 is 0 Å². The fraction of sp³-hybridized carbons (Fsp3) is 0.667. The molecule has 2 heterocycles. The summed E-state index contributed by atoms with van der Waals surface area (Å²) in [7, 11) is 0. The molecule has 82 valence electrons. The Bertz CT molecular complexity index is 353. The maximum absolute atomic E-state index is 11.9. The third kappa shape index (κ3) is 2.00. The van der Waals surface area contributed by atoms with Crippen molar-refractivity contribution in [3.8, 4) is 0 Å². The molecular weight excluding hydrogens is 212 g/mol. The Kier molecular flexibility index (Phi) is 2.70. The van der Waals surface area contributed by atoms with Gasteiger partial charge in [-0.15, -0.1) is 0 Å². The van der Waals surface area contributed by atoms with Crippen molar-refractivity contribution >= 4 is 17.6 Å². The van der Waals surface area contributed by atoms with Crippen molar-refractivity contribution in [1.29, 1.82) is 0 Å². The van der Waals surface area contributed by atoms with Gasteiger partial charge < -0.3 is 10.6 Å². The van der Waals surface area contributed by atoms with E-state index in [-0.39, 0.29) is 11.3 Å². The summed E-state index contributed by atoms with van der Waals surface area (Å²) in [5.41, 5.74) is 6.20. The molecule has 1 fully saturated rings. The highest BCUT2D eigenvalue weighted by molar-refractivity contribution is 6.99. The largest absolute Gasteiger partial charge is 0.337 e. The highest BCUT2D eigenvalue weighted by Crippen LogP contribution is 2.29. The van der Waals surface area contributed by atoms with Crippen molar-refractivity contribution in [3.63, 3.8) is 0 Å². The Morgan fingerprint density at radius 3 is 3.13 bits per heavy atom. The van der Waals surface area contributed by atoms with Crippen molar-refractivity contribution in [2.24, 2.45) is 11.1 Å². The van der Waals surface area contributed by atoms with Gasteiger partial charge in [0.15, 0.2) is 5.69 Å². The quantitative estimate of drug-likeness (QED) is 0.789. The fourth-order valence-corrected chi connectivity index (χ4v) is 2.19. The zero-order valence-corrected chi connectivity index (χ0v) is 9.46. The predicted molar refractivity (Wildman–Crippen MR) is 57.6 cm³/mol. The normalized spacial score (nSPS) is 25.9. The average molecular weight is 226 g/mol. The van der Waals surface area contributed by atoms with Gasteiger partial charge >= 0.3 is 0 Å². The molecule has 0 radical (unpaired) electrons. The van der Waals surface area contributed by atoms with Gasteiger partial charge in [-0.2, -0.15) is 8.75 Å². The Morgan fingerprint density at radius 2 is 2.60 bits per heavy atom. The Morgan fingerprint density at radius 1 is 1.80 bits per heavy atom. The molecular formula is C9H14N4OS. The van der Waals surface area contributed by atoms with Gasteiger partial charge in [0.25, 0.3) is 5.91 Å². The first kappa shape index (κ1) is 10.5. The number of carbonyl (C=O) groups excluding carboxylic acids is 1. The van der Waals surface area contributed by atoms with Crippen LogP contribution in [0.15, 0.2) is 6.20 Å². The molecule has 0 bridgehead atoms. The lowest BCUT2D eigenvalue weighted by atomic mass is 9.90. The minimum absolute atomic E-state index is 0.0269. The van der Waals surface area contributed by atoms with Crippen LogP contribution in [0.4, 0.5) is 0 Å². The Labute approximate surface area is 92.6 Å². The molecule has 0 aromatic carbocycles. The van der Waals surface area contributed by atoms with E-state index in [1.54, 1.807) is 0 Å². The lowest BCUT2D eigenvalue weighted by Gasteiger charge is -2.21. The van der Waals surface area contributed by atoms with Gasteiger partial charge in [-0.25, -0.2) is 0 Å². The number of hydrogen-bond donors (Lipinski definition) is 1. The summed E-state index contributed by atoms with van der Waals surface area (Å²) in [4.78, 5) is 13.7. The van der Waals surface area contributed by atoms with Crippen molar-refractivity contribution in [2.75, 3.05) is 19.6 Å². The third-order valence-electron chi connectivity index (χ3n) is 2.92. The topological polar surface area (TPSA) is 72.1 Å². The second-order valence-corrected chi connectivity index (χ2v) is 4.84. The van der Waals surface area contributed by atoms with Crippen LogP contribution in [-0.2, 0) is 0 Å². The maximum atomic E-state index is 11.9. The van der Waals surface area contributed by atoms with Crippen LogP contribution in [-0.4, -0.2) is 39.2 Å². The van der Waals surface area contributed by atoms with Crippen LogP contribution in [0.1, 0.15) is 23.8 Å². The van der Waals surface area contributed by atoms with E-state index >= 15 is 0 Å². The summed E-state index contributed by atoms with van der Waals surface area (Å²) in [6.45, 7) is 4.22. The molecule has 1 unspecified atom stereocenters. The molecule has 0 saturated carbocycles. The molecule has 2 rings (SSSR count). The van der Waals surface area contributed by atoms with E-state index in [2.05, 4.69) is 15.7 Å². The molecule has 1 aliphatic heterocycles. The van der Waals surface area contributed by atoms with Crippen LogP contribution in [0.5, 0.6) is 0 Å². The SMILES string of the molecule is CC1(CN)CCN(C(=O)c2cnsn2)C1. The van der Waals surface area contributed by atoms with Gasteiger partial charge in [-0.05, 0) is 18.4 Å². The number of nitrogens with two attached hydrogens (primary N) is 1. The number of rotatable bonds is 2. The zero-order valence-electron chi connectivity index (χ0n) is 8.64. The summed E-state index contributed by atoms with van der Waals surface area (Å²) < 4.78 is 7.77. The van der Waals surface area contributed by atoms with Crippen LogP contribution in [0.2, 0.25) is 0 Å².